The van der Waals surface area contributed by atoms with Crippen LogP contribution < -0.4 is 5.32 Å². The number of hydrogen-bond acceptors (Lipinski definition) is 2. The molecular weight excluding hydrogens is 150 g/mol. The lowest BCUT2D eigenvalue weighted by Gasteiger charge is -2.30. The second-order valence-electron chi connectivity index (χ2n) is 4.54. The van der Waals surface area contributed by atoms with Gasteiger partial charge in [-0.2, -0.15) is 0 Å². The molecule has 0 aromatic carbocycles. The molecular formula is C10H23NO. The van der Waals surface area contributed by atoms with Gasteiger partial charge in [0, 0.05) is 12.1 Å². The van der Waals surface area contributed by atoms with E-state index in [1.54, 1.807) is 0 Å². The van der Waals surface area contributed by atoms with Crippen molar-refractivity contribution in [1.29, 1.82) is 0 Å². The molecule has 2 heteroatoms. The largest absolute Gasteiger partial charge is 0.389 e. The van der Waals surface area contributed by atoms with Crippen molar-refractivity contribution in [2.24, 2.45) is 0 Å². The third-order valence-electron chi connectivity index (χ3n) is 2.26. The lowest BCUT2D eigenvalue weighted by molar-refractivity contribution is 0.0268. The first-order valence-electron chi connectivity index (χ1n) is 4.80. The zero-order valence-corrected chi connectivity index (χ0v) is 9.07. The smallest absolute Gasteiger partial charge is 0.0766 e. The summed E-state index contributed by atoms with van der Waals surface area (Å²) < 4.78 is 0. The molecule has 0 aromatic heterocycles. The van der Waals surface area contributed by atoms with Gasteiger partial charge in [0.25, 0.3) is 0 Å². The maximum absolute atomic E-state index is 9.93. The van der Waals surface area contributed by atoms with Gasteiger partial charge in [0.1, 0.15) is 0 Å². The van der Waals surface area contributed by atoms with Crippen molar-refractivity contribution in [3.05, 3.63) is 0 Å². The molecule has 0 amide bonds. The zero-order valence-electron chi connectivity index (χ0n) is 9.07. The maximum Gasteiger partial charge on any atom is 0.0766 e. The number of hydrogen-bond donors (Lipinski definition) is 2. The van der Waals surface area contributed by atoms with Gasteiger partial charge in [-0.1, -0.05) is 13.8 Å². The van der Waals surface area contributed by atoms with Crippen LogP contribution in [-0.4, -0.2) is 22.8 Å². The van der Waals surface area contributed by atoms with Crippen LogP contribution in [0.3, 0.4) is 0 Å². The van der Waals surface area contributed by atoms with Crippen molar-refractivity contribution in [2.45, 2.75) is 58.6 Å². The fraction of sp³-hybridized carbons (Fsp3) is 1.00. The number of β-amino-alcohol motifs (C(OH)–C–C–N with tert-alkyl or cyclic N) is 1. The van der Waals surface area contributed by atoms with Crippen LogP contribution in [0.5, 0.6) is 0 Å². The summed E-state index contributed by atoms with van der Waals surface area (Å²) in [5.41, 5.74) is -0.425. The second kappa shape index (κ2) is 4.24. The predicted molar refractivity (Wildman–Crippen MR) is 53.3 cm³/mol. The van der Waals surface area contributed by atoms with E-state index < -0.39 is 5.60 Å². The van der Waals surface area contributed by atoms with E-state index in [-0.39, 0.29) is 5.54 Å². The molecule has 2 nitrogen and oxygen atoms in total. The zero-order chi connectivity index (χ0) is 9.83. The van der Waals surface area contributed by atoms with E-state index in [1.807, 2.05) is 13.8 Å². The minimum atomic E-state index is -0.521. The van der Waals surface area contributed by atoms with E-state index in [0.29, 0.717) is 6.54 Å². The highest BCUT2D eigenvalue weighted by Crippen LogP contribution is 2.14. The van der Waals surface area contributed by atoms with E-state index in [1.165, 1.54) is 0 Å². The van der Waals surface area contributed by atoms with Gasteiger partial charge in [-0.15, -0.1) is 0 Å². The molecule has 0 saturated heterocycles. The van der Waals surface area contributed by atoms with Crippen molar-refractivity contribution in [2.75, 3.05) is 6.54 Å². The minimum absolute atomic E-state index is 0.0956. The summed E-state index contributed by atoms with van der Waals surface area (Å²) in [6, 6.07) is 0. The maximum atomic E-state index is 9.93. The molecule has 0 rings (SSSR count). The fourth-order valence-corrected chi connectivity index (χ4v) is 0.930. The van der Waals surface area contributed by atoms with Crippen molar-refractivity contribution >= 4 is 0 Å². The van der Waals surface area contributed by atoms with Crippen LogP contribution >= 0.6 is 0 Å². The standard InChI is InChI=1S/C10H23NO/c1-6-10(12,7-2)8-11-9(3,4)5/h11-12H,6-8H2,1-5H3. The molecule has 2 N–H and O–H groups in total. The van der Waals surface area contributed by atoms with Crippen LogP contribution in [0.2, 0.25) is 0 Å². The third-order valence-corrected chi connectivity index (χ3v) is 2.26. The first kappa shape index (κ1) is 11.9. The first-order chi connectivity index (χ1) is 5.33. The summed E-state index contributed by atoms with van der Waals surface area (Å²) in [6.45, 7) is 11.1. The highest BCUT2D eigenvalue weighted by Gasteiger charge is 2.23. The summed E-state index contributed by atoms with van der Waals surface area (Å²) >= 11 is 0. The van der Waals surface area contributed by atoms with Gasteiger partial charge in [-0.3, -0.25) is 0 Å². The minimum Gasteiger partial charge on any atom is -0.389 e. The van der Waals surface area contributed by atoms with Crippen molar-refractivity contribution in [3.63, 3.8) is 0 Å². The van der Waals surface area contributed by atoms with Crippen molar-refractivity contribution in [1.82, 2.24) is 5.32 Å². The van der Waals surface area contributed by atoms with E-state index in [0.717, 1.165) is 12.8 Å². The normalized spacial score (nSPS) is 13.5. The molecule has 12 heavy (non-hydrogen) atoms. The molecule has 0 radical (unpaired) electrons. The summed E-state index contributed by atoms with van der Waals surface area (Å²) in [5, 5.41) is 13.2. The van der Waals surface area contributed by atoms with E-state index >= 15 is 0 Å². The van der Waals surface area contributed by atoms with Gasteiger partial charge in [0.2, 0.25) is 0 Å². The first-order valence-corrected chi connectivity index (χ1v) is 4.80. The van der Waals surface area contributed by atoms with E-state index in [4.69, 9.17) is 0 Å². The number of aliphatic hydroxyl groups is 1. The number of rotatable bonds is 4. The fourth-order valence-electron chi connectivity index (χ4n) is 0.930. The van der Waals surface area contributed by atoms with Gasteiger partial charge in [0.15, 0.2) is 0 Å². The van der Waals surface area contributed by atoms with Crippen LogP contribution in [0.25, 0.3) is 0 Å². The summed E-state index contributed by atoms with van der Waals surface area (Å²) in [4.78, 5) is 0. The van der Waals surface area contributed by atoms with Gasteiger partial charge in [-0.25, -0.2) is 0 Å². The summed E-state index contributed by atoms with van der Waals surface area (Å²) in [6.07, 6.45) is 1.62. The average molecular weight is 173 g/mol. The van der Waals surface area contributed by atoms with Crippen LogP contribution in [0.1, 0.15) is 47.5 Å². The summed E-state index contributed by atoms with van der Waals surface area (Å²) in [5.74, 6) is 0. The Kier molecular flexibility index (Phi) is 4.21. The second-order valence-corrected chi connectivity index (χ2v) is 4.54. The quantitative estimate of drug-likeness (QED) is 0.681. The van der Waals surface area contributed by atoms with E-state index in [2.05, 4.69) is 26.1 Å². The Morgan fingerprint density at radius 2 is 1.50 bits per heavy atom. The Balaban J connectivity index is 3.89. The van der Waals surface area contributed by atoms with Gasteiger partial charge in [-0.05, 0) is 33.6 Å². The van der Waals surface area contributed by atoms with Crippen LogP contribution in [0.4, 0.5) is 0 Å². The monoisotopic (exact) mass is 173 g/mol. The lowest BCUT2D eigenvalue weighted by Crippen LogP contribution is -2.47. The van der Waals surface area contributed by atoms with Crippen LogP contribution in [-0.2, 0) is 0 Å². The molecule has 0 heterocycles. The Bertz CT molecular complexity index is 122. The molecule has 0 bridgehead atoms. The highest BCUT2D eigenvalue weighted by molar-refractivity contribution is 4.82. The third kappa shape index (κ3) is 4.73. The summed E-state index contributed by atoms with van der Waals surface area (Å²) in [7, 11) is 0. The molecule has 0 atom stereocenters. The van der Waals surface area contributed by atoms with Crippen molar-refractivity contribution in [3.8, 4) is 0 Å². The van der Waals surface area contributed by atoms with Gasteiger partial charge >= 0.3 is 0 Å². The molecule has 0 spiro atoms. The number of nitrogens with one attached hydrogen (secondary N) is 1. The SMILES string of the molecule is CCC(O)(CC)CNC(C)(C)C. The topological polar surface area (TPSA) is 32.3 Å². The molecule has 0 aliphatic carbocycles. The van der Waals surface area contributed by atoms with Crippen LogP contribution in [0, 0.1) is 0 Å². The molecule has 0 aliphatic heterocycles. The van der Waals surface area contributed by atoms with Gasteiger partial charge < -0.3 is 10.4 Å². The molecule has 0 unspecified atom stereocenters. The lowest BCUT2D eigenvalue weighted by atomic mass is 9.96. The molecule has 74 valence electrons. The van der Waals surface area contributed by atoms with E-state index in [9.17, 15) is 5.11 Å². The van der Waals surface area contributed by atoms with Crippen LogP contribution in [0.15, 0.2) is 0 Å². The predicted octanol–water partition coefficient (Wildman–Crippen LogP) is 1.93. The highest BCUT2D eigenvalue weighted by atomic mass is 16.3. The Labute approximate surface area is 76.4 Å². The molecule has 0 saturated carbocycles. The molecule has 0 aliphatic rings. The Morgan fingerprint density at radius 1 is 1.08 bits per heavy atom. The molecule has 0 fully saturated rings. The Hall–Kier alpha value is -0.0800. The average Bonchev–Trinajstić information content (AvgIpc) is 1.99. The van der Waals surface area contributed by atoms with Crippen molar-refractivity contribution < 1.29 is 5.11 Å². The Morgan fingerprint density at radius 3 is 1.75 bits per heavy atom. The van der Waals surface area contributed by atoms with Gasteiger partial charge in [0.05, 0.1) is 5.60 Å². The molecule has 0 aromatic rings.